The van der Waals surface area contributed by atoms with E-state index in [1.165, 1.54) is 0 Å². The molecule has 0 fully saturated rings. The van der Waals surface area contributed by atoms with Crippen LogP contribution in [0.5, 0.6) is 0 Å². The quantitative estimate of drug-likeness (QED) is 0.701. The molecule has 0 heterocycles. The number of anilines is 1. The molecule has 2 rings (SSSR count). The molecule has 0 saturated carbocycles. The average Bonchev–Trinajstić information content (AvgIpc) is 2.30. The number of rotatable bonds is 3. The summed E-state index contributed by atoms with van der Waals surface area (Å²) in [5.74, 6) is 0. The van der Waals surface area contributed by atoms with Gasteiger partial charge in [-0.2, -0.15) is 0 Å². The maximum atomic E-state index is 6.10. The van der Waals surface area contributed by atoms with E-state index in [9.17, 15) is 0 Å². The van der Waals surface area contributed by atoms with E-state index in [2.05, 4.69) is 21.2 Å². The predicted octanol–water partition coefficient (Wildman–Crippen LogP) is 6.02. The first-order valence-corrected chi connectivity index (χ1v) is 7.12. The predicted molar refractivity (Wildman–Crippen MR) is 82.9 cm³/mol. The second-order valence-corrected chi connectivity index (χ2v) is 5.85. The van der Waals surface area contributed by atoms with E-state index >= 15 is 0 Å². The zero-order valence-corrected chi connectivity index (χ0v) is 13.0. The van der Waals surface area contributed by atoms with Gasteiger partial charge in [-0.15, -0.1) is 0 Å². The van der Waals surface area contributed by atoms with E-state index in [1.54, 1.807) is 6.07 Å². The third-order valence-electron chi connectivity index (χ3n) is 2.42. The van der Waals surface area contributed by atoms with E-state index in [0.29, 0.717) is 21.6 Å². The molecule has 94 valence electrons. The van der Waals surface area contributed by atoms with Crippen molar-refractivity contribution < 1.29 is 0 Å². The van der Waals surface area contributed by atoms with Gasteiger partial charge in [0.05, 0.1) is 0 Å². The molecule has 0 aliphatic heterocycles. The lowest BCUT2D eigenvalue weighted by atomic mass is 10.2. The van der Waals surface area contributed by atoms with E-state index in [-0.39, 0.29) is 0 Å². The molecule has 0 saturated heterocycles. The lowest BCUT2D eigenvalue weighted by Gasteiger charge is -2.10. The molecular formula is C13H9BrCl3N. The third kappa shape index (κ3) is 3.55. The van der Waals surface area contributed by atoms with Crippen LogP contribution in [0.15, 0.2) is 40.9 Å². The Labute approximate surface area is 129 Å². The van der Waals surface area contributed by atoms with Gasteiger partial charge in [0, 0.05) is 31.8 Å². The molecule has 5 heteroatoms. The highest BCUT2D eigenvalue weighted by atomic mass is 79.9. The minimum absolute atomic E-state index is 0.621. The topological polar surface area (TPSA) is 12.0 Å². The van der Waals surface area contributed by atoms with Crippen LogP contribution < -0.4 is 5.32 Å². The molecule has 2 aromatic rings. The van der Waals surface area contributed by atoms with Crippen LogP contribution in [-0.4, -0.2) is 0 Å². The van der Waals surface area contributed by atoms with Gasteiger partial charge < -0.3 is 5.32 Å². The van der Waals surface area contributed by atoms with Crippen LogP contribution in [0.3, 0.4) is 0 Å². The third-order valence-corrected chi connectivity index (χ3v) is 3.89. The van der Waals surface area contributed by atoms with Gasteiger partial charge >= 0.3 is 0 Å². The molecular weight excluding hydrogens is 356 g/mol. The van der Waals surface area contributed by atoms with Crippen molar-refractivity contribution in [3.63, 3.8) is 0 Å². The van der Waals surface area contributed by atoms with Crippen LogP contribution in [0.25, 0.3) is 0 Å². The van der Waals surface area contributed by atoms with Crippen LogP contribution in [0, 0.1) is 0 Å². The first-order chi connectivity index (χ1) is 8.56. The molecule has 1 nitrogen and oxygen atoms in total. The molecule has 0 amide bonds. The molecule has 1 N–H and O–H groups in total. The highest BCUT2D eigenvalue weighted by Crippen LogP contribution is 2.27. The fourth-order valence-electron chi connectivity index (χ4n) is 1.49. The van der Waals surface area contributed by atoms with E-state index in [0.717, 1.165) is 15.7 Å². The van der Waals surface area contributed by atoms with Crippen LogP contribution in [-0.2, 0) is 6.54 Å². The van der Waals surface area contributed by atoms with E-state index < -0.39 is 0 Å². The molecule has 0 aliphatic rings. The van der Waals surface area contributed by atoms with Gasteiger partial charge in [0.1, 0.15) is 0 Å². The molecule has 2 aromatic carbocycles. The first kappa shape index (κ1) is 14.0. The highest BCUT2D eigenvalue weighted by Gasteiger charge is 2.03. The van der Waals surface area contributed by atoms with Gasteiger partial charge in [-0.1, -0.05) is 40.9 Å². The van der Waals surface area contributed by atoms with Crippen molar-refractivity contribution in [3.8, 4) is 0 Å². The van der Waals surface area contributed by atoms with Crippen LogP contribution in [0.2, 0.25) is 15.1 Å². The fraction of sp³-hybridized carbons (Fsp3) is 0.0769. The molecule has 0 bridgehead atoms. The zero-order valence-electron chi connectivity index (χ0n) is 9.18. The molecule has 0 aliphatic carbocycles. The lowest BCUT2D eigenvalue weighted by molar-refractivity contribution is 1.15. The minimum atomic E-state index is 0.621. The number of hydrogen-bond acceptors (Lipinski definition) is 1. The molecule has 0 aromatic heterocycles. The summed E-state index contributed by atoms with van der Waals surface area (Å²) in [6.45, 7) is 0.621. The normalized spacial score (nSPS) is 10.4. The van der Waals surface area contributed by atoms with Gasteiger partial charge in [-0.05, 0) is 51.8 Å². The van der Waals surface area contributed by atoms with E-state index in [4.69, 9.17) is 34.8 Å². The second kappa shape index (κ2) is 6.16. The molecule has 0 radical (unpaired) electrons. The summed E-state index contributed by atoms with van der Waals surface area (Å²) in [6, 6.07) is 11.0. The summed E-state index contributed by atoms with van der Waals surface area (Å²) in [4.78, 5) is 0. The SMILES string of the molecule is Clc1ccc(CNc2ccc(Cl)cc2Br)c(Cl)c1. The summed E-state index contributed by atoms with van der Waals surface area (Å²) in [5.41, 5.74) is 1.95. The summed E-state index contributed by atoms with van der Waals surface area (Å²) in [7, 11) is 0. The number of halogens is 4. The standard InChI is InChI=1S/C13H9BrCl3N/c14-11-5-9(15)3-4-13(11)18-7-8-1-2-10(16)6-12(8)17/h1-6,18H,7H2. The Hall–Kier alpha value is -0.410. The maximum absolute atomic E-state index is 6.10. The van der Waals surface area contributed by atoms with Crippen molar-refractivity contribution >= 4 is 56.4 Å². The van der Waals surface area contributed by atoms with Crippen molar-refractivity contribution in [1.82, 2.24) is 0 Å². The average molecular weight is 365 g/mol. The number of hydrogen-bond donors (Lipinski definition) is 1. The van der Waals surface area contributed by atoms with Gasteiger partial charge in [0.15, 0.2) is 0 Å². The molecule has 0 unspecified atom stereocenters. The van der Waals surface area contributed by atoms with Gasteiger partial charge in [-0.3, -0.25) is 0 Å². The Morgan fingerprint density at radius 2 is 1.61 bits per heavy atom. The Balaban J connectivity index is 2.11. The highest BCUT2D eigenvalue weighted by molar-refractivity contribution is 9.10. The summed E-state index contributed by atoms with van der Waals surface area (Å²) in [6.07, 6.45) is 0. The van der Waals surface area contributed by atoms with Crippen molar-refractivity contribution in [2.24, 2.45) is 0 Å². The van der Waals surface area contributed by atoms with Crippen LogP contribution in [0.4, 0.5) is 5.69 Å². The maximum Gasteiger partial charge on any atom is 0.0488 e. The molecule has 0 spiro atoms. The Kier molecular flexibility index (Phi) is 4.79. The van der Waals surface area contributed by atoms with Gasteiger partial charge in [-0.25, -0.2) is 0 Å². The van der Waals surface area contributed by atoms with Crippen molar-refractivity contribution in [2.75, 3.05) is 5.32 Å². The summed E-state index contributed by atoms with van der Waals surface area (Å²) in [5, 5.41) is 5.26. The Morgan fingerprint density at radius 3 is 2.28 bits per heavy atom. The van der Waals surface area contributed by atoms with Crippen molar-refractivity contribution in [2.45, 2.75) is 6.54 Å². The zero-order chi connectivity index (χ0) is 13.1. The van der Waals surface area contributed by atoms with Crippen molar-refractivity contribution in [3.05, 3.63) is 61.5 Å². The van der Waals surface area contributed by atoms with Gasteiger partial charge in [0.25, 0.3) is 0 Å². The van der Waals surface area contributed by atoms with E-state index in [1.807, 2.05) is 30.3 Å². The van der Waals surface area contributed by atoms with Crippen LogP contribution >= 0.6 is 50.7 Å². The fourth-order valence-corrected chi connectivity index (χ4v) is 2.79. The largest absolute Gasteiger partial charge is 0.380 e. The smallest absolute Gasteiger partial charge is 0.0488 e. The Bertz CT molecular complexity index is 521. The van der Waals surface area contributed by atoms with Crippen LogP contribution in [0.1, 0.15) is 5.56 Å². The Morgan fingerprint density at radius 1 is 0.944 bits per heavy atom. The number of benzene rings is 2. The van der Waals surface area contributed by atoms with Crippen molar-refractivity contribution in [1.29, 1.82) is 0 Å². The number of nitrogens with one attached hydrogen (secondary N) is 1. The van der Waals surface area contributed by atoms with Gasteiger partial charge in [0.2, 0.25) is 0 Å². The first-order valence-electron chi connectivity index (χ1n) is 5.19. The summed E-state index contributed by atoms with van der Waals surface area (Å²) >= 11 is 21.3. The molecule has 0 atom stereocenters. The lowest BCUT2D eigenvalue weighted by Crippen LogP contribution is -2.00. The second-order valence-electron chi connectivity index (χ2n) is 3.71. The minimum Gasteiger partial charge on any atom is -0.380 e. The monoisotopic (exact) mass is 363 g/mol. The summed E-state index contributed by atoms with van der Waals surface area (Å²) < 4.78 is 0.917. The molecule has 18 heavy (non-hydrogen) atoms.